The highest BCUT2D eigenvalue weighted by atomic mass is 35.5. The molecule has 0 aliphatic carbocycles. The van der Waals surface area contributed by atoms with E-state index in [4.69, 9.17) is 23.2 Å². The zero-order chi connectivity index (χ0) is 12.4. The van der Waals surface area contributed by atoms with Gasteiger partial charge in [-0.25, -0.2) is 0 Å². The standard InChI is InChI=1S/C13H18Cl2N2/c1-16(2)11-5-6-17(9-11)13-4-3-10(8-14)7-12(13)15/h3-4,7,11H,5-6,8-9H2,1-2H3. The topological polar surface area (TPSA) is 6.48 Å². The van der Waals surface area contributed by atoms with Crippen LogP contribution < -0.4 is 4.90 Å². The molecule has 1 fully saturated rings. The van der Waals surface area contributed by atoms with Gasteiger partial charge in [0.1, 0.15) is 0 Å². The molecule has 1 aromatic rings. The first-order valence-electron chi connectivity index (χ1n) is 5.87. The number of hydrogen-bond donors (Lipinski definition) is 0. The summed E-state index contributed by atoms with van der Waals surface area (Å²) in [5, 5.41) is 0.808. The van der Waals surface area contributed by atoms with E-state index in [2.05, 4.69) is 36.0 Å². The third-order valence-corrected chi connectivity index (χ3v) is 4.01. The maximum atomic E-state index is 6.30. The summed E-state index contributed by atoms with van der Waals surface area (Å²) in [5.41, 5.74) is 2.20. The van der Waals surface area contributed by atoms with Gasteiger partial charge >= 0.3 is 0 Å². The van der Waals surface area contributed by atoms with Crippen molar-refractivity contribution in [2.24, 2.45) is 0 Å². The van der Waals surface area contributed by atoms with Crippen LogP contribution in [-0.2, 0) is 5.88 Å². The van der Waals surface area contributed by atoms with Gasteiger partial charge in [-0.1, -0.05) is 17.7 Å². The first-order valence-corrected chi connectivity index (χ1v) is 6.79. The van der Waals surface area contributed by atoms with Crippen molar-refractivity contribution in [1.29, 1.82) is 0 Å². The number of anilines is 1. The van der Waals surface area contributed by atoms with Gasteiger partial charge in [0.25, 0.3) is 0 Å². The number of alkyl halides is 1. The summed E-state index contributed by atoms with van der Waals surface area (Å²) < 4.78 is 0. The highest BCUT2D eigenvalue weighted by Gasteiger charge is 2.25. The molecule has 4 heteroatoms. The number of nitrogens with zero attached hydrogens (tertiary/aromatic N) is 2. The SMILES string of the molecule is CN(C)C1CCN(c2ccc(CCl)cc2Cl)C1. The van der Waals surface area contributed by atoms with Gasteiger partial charge in [0, 0.05) is 25.0 Å². The normalized spacial score (nSPS) is 20.3. The quantitative estimate of drug-likeness (QED) is 0.780. The number of likely N-dealkylation sites (N-methyl/N-ethyl adjacent to an activating group) is 1. The fraction of sp³-hybridized carbons (Fsp3) is 0.538. The van der Waals surface area contributed by atoms with Gasteiger partial charge < -0.3 is 9.80 Å². The molecule has 1 unspecified atom stereocenters. The van der Waals surface area contributed by atoms with Crippen molar-refractivity contribution >= 4 is 28.9 Å². The van der Waals surface area contributed by atoms with Gasteiger partial charge in [0.15, 0.2) is 0 Å². The zero-order valence-corrected chi connectivity index (χ0v) is 11.8. The Morgan fingerprint density at radius 1 is 1.41 bits per heavy atom. The number of hydrogen-bond acceptors (Lipinski definition) is 2. The summed E-state index contributed by atoms with van der Waals surface area (Å²) >= 11 is 12.1. The van der Waals surface area contributed by atoms with Crippen molar-refractivity contribution < 1.29 is 0 Å². The Morgan fingerprint density at radius 3 is 2.71 bits per heavy atom. The average molecular weight is 273 g/mol. The van der Waals surface area contributed by atoms with Gasteiger partial charge in [-0.05, 0) is 38.2 Å². The van der Waals surface area contributed by atoms with E-state index in [1.807, 2.05) is 6.07 Å². The lowest BCUT2D eigenvalue weighted by molar-refractivity contribution is 0.315. The van der Waals surface area contributed by atoms with Crippen LogP contribution in [0.5, 0.6) is 0 Å². The number of rotatable bonds is 3. The number of halogens is 2. The van der Waals surface area contributed by atoms with Crippen LogP contribution >= 0.6 is 23.2 Å². The van der Waals surface area contributed by atoms with E-state index in [1.54, 1.807) is 0 Å². The van der Waals surface area contributed by atoms with Crippen LogP contribution in [0, 0.1) is 0 Å². The average Bonchev–Trinajstić information content (AvgIpc) is 2.78. The maximum absolute atomic E-state index is 6.30. The molecule has 0 amide bonds. The molecule has 0 saturated carbocycles. The second kappa shape index (κ2) is 5.47. The summed E-state index contributed by atoms with van der Waals surface area (Å²) in [5.74, 6) is 0.514. The molecule has 0 bridgehead atoms. The first kappa shape index (κ1) is 13.0. The molecule has 0 spiro atoms. The third-order valence-electron chi connectivity index (χ3n) is 3.40. The fourth-order valence-electron chi connectivity index (χ4n) is 2.27. The van der Waals surface area contributed by atoms with Crippen LogP contribution in [0.2, 0.25) is 5.02 Å². The highest BCUT2D eigenvalue weighted by molar-refractivity contribution is 6.33. The largest absolute Gasteiger partial charge is 0.369 e. The van der Waals surface area contributed by atoms with Crippen LogP contribution in [0.1, 0.15) is 12.0 Å². The predicted molar refractivity (Wildman–Crippen MR) is 75.3 cm³/mol. The molecule has 1 heterocycles. The van der Waals surface area contributed by atoms with Gasteiger partial charge in [0.2, 0.25) is 0 Å². The highest BCUT2D eigenvalue weighted by Crippen LogP contribution is 2.30. The maximum Gasteiger partial charge on any atom is 0.0642 e. The van der Waals surface area contributed by atoms with Gasteiger partial charge in [0.05, 0.1) is 10.7 Å². The summed E-state index contributed by atoms with van der Waals surface area (Å²) in [4.78, 5) is 4.63. The van der Waals surface area contributed by atoms with Crippen LogP contribution in [0.4, 0.5) is 5.69 Å². The molecule has 0 aromatic heterocycles. The minimum Gasteiger partial charge on any atom is -0.369 e. The van der Waals surface area contributed by atoms with E-state index in [-0.39, 0.29) is 0 Å². The summed E-state index contributed by atoms with van der Waals surface area (Å²) in [6.45, 7) is 2.12. The van der Waals surface area contributed by atoms with Crippen molar-refractivity contribution in [2.45, 2.75) is 18.3 Å². The minimum atomic E-state index is 0.514. The Balaban J connectivity index is 2.13. The van der Waals surface area contributed by atoms with Gasteiger partial charge in [-0.3, -0.25) is 0 Å². The molecule has 0 radical (unpaired) electrons. The Kier molecular flexibility index (Phi) is 4.18. The zero-order valence-electron chi connectivity index (χ0n) is 10.3. The fourth-order valence-corrected chi connectivity index (χ4v) is 2.76. The predicted octanol–water partition coefficient (Wildman–Crippen LogP) is 3.22. The van der Waals surface area contributed by atoms with E-state index in [0.717, 1.165) is 29.4 Å². The second-order valence-electron chi connectivity index (χ2n) is 4.77. The van der Waals surface area contributed by atoms with Crippen molar-refractivity contribution in [2.75, 3.05) is 32.1 Å². The smallest absolute Gasteiger partial charge is 0.0642 e. The molecule has 1 aliphatic rings. The molecule has 94 valence electrons. The lowest BCUT2D eigenvalue weighted by atomic mass is 10.2. The first-order chi connectivity index (χ1) is 8.11. The molecule has 1 aliphatic heterocycles. The monoisotopic (exact) mass is 272 g/mol. The Morgan fingerprint density at radius 2 is 2.18 bits per heavy atom. The van der Waals surface area contributed by atoms with Gasteiger partial charge in [-0.2, -0.15) is 0 Å². The Hall–Kier alpha value is -0.440. The van der Waals surface area contributed by atoms with E-state index >= 15 is 0 Å². The molecule has 2 rings (SSSR count). The molecule has 17 heavy (non-hydrogen) atoms. The van der Waals surface area contributed by atoms with Crippen molar-refractivity contribution in [3.8, 4) is 0 Å². The van der Waals surface area contributed by atoms with Gasteiger partial charge in [-0.15, -0.1) is 11.6 Å². The molecular weight excluding hydrogens is 255 g/mol. The third kappa shape index (κ3) is 2.87. The van der Waals surface area contributed by atoms with Crippen molar-refractivity contribution in [3.05, 3.63) is 28.8 Å². The molecule has 1 saturated heterocycles. The van der Waals surface area contributed by atoms with E-state index in [0.29, 0.717) is 11.9 Å². The summed E-state index contributed by atoms with van der Waals surface area (Å²) in [6.07, 6.45) is 1.20. The van der Waals surface area contributed by atoms with E-state index in [9.17, 15) is 0 Å². The lowest BCUT2D eigenvalue weighted by Crippen LogP contribution is -2.31. The molecule has 1 aromatic carbocycles. The number of benzene rings is 1. The molecule has 0 N–H and O–H groups in total. The molecule has 2 nitrogen and oxygen atoms in total. The van der Waals surface area contributed by atoms with Crippen LogP contribution in [0.15, 0.2) is 18.2 Å². The lowest BCUT2D eigenvalue weighted by Gasteiger charge is -2.22. The Bertz CT molecular complexity index is 393. The van der Waals surface area contributed by atoms with Crippen LogP contribution in [0.3, 0.4) is 0 Å². The van der Waals surface area contributed by atoms with Crippen LogP contribution in [0.25, 0.3) is 0 Å². The minimum absolute atomic E-state index is 0.514. The second-order valence-corrected chi connectivity index (χ2v) is 5.45. The van der Waals surface area contributed by atoms with Crippen LogP contribution in [-0.4, -0.2) is 38.1 Å². The van der Waals surface area contributed by atoms with E-state index in [1.165, 1.54) is 6.42 Å². The molecule has 1 atom stereocenters. The van der Waals surface area contributed by atoms with Crippen molar-refractivity contribution in [1.82, 2.24) is 4.90 Å². The Labute approximate surface area is 113 Å². The van der Waals surface area contributed by atoms with E-state index < -0.39 is 0 Å². The summed E-state index contributed by atoms with van der Waals surface area (Å²) in [7, 11) is 4.26. The van der Waals surface area contributed by atoms with Crippen molar-refractivity contribution in [3.63, 3.8) is 0 Å². The molecular formula is C13H18Cl2N2. The summed E-state index contributed by atoms with van der Waals surface area (Å²) in [6, 6.07) is 6.72.